The van der Waals surface area contributed by atoms with E-state index in [9.17, 15) is 35.4 Å². The van der Waals surface area contributed by atoms with Gasteiger partial charge in [-0.05, 0) is 51.5 Å². The Kier molecular flexibility index (Phi) is 9.77. The molecule has 1 aliphatic heterocycles. The first kappa shape index (κ1) is 31.3. The van der Waals surface area contributed by atoms with Crippen LogP contribution in [0.1, 0.15) is 26.3 Å². The number of methoxy groups -OCH3 is 1. The predicted molar refractivity (Wildman–Crippen MR) is 151 cm³/mol. The van der Waals surface area contributed by atoms with Crippen molar-refractivity contribution in [3.05, 3.63) is 57.8 Å². The molecule has 0 saturated carbocycles. The van der Waals surface area contributed by atoms with E-state index in [1.54, 1.807) is 24.3 Å². The summed E-state index contributed by atoms with van der Waals surface area (Å²) in [7, 11) is 1.51. The van der Waals surface area contributed by atoms with E-state index in [0.29, 0.717) is 16.9 Å². The van der Waals surface area contributed by atoms with E-state index >= 15 is 0 Å². The van der Waals surface area contributed by atoms with Crippen LogP contribution in [0.15, 0.2) is 51.2 Å². The maximum Gasteiger partial charge on any atom is 0.239 e. The molecule has 0 spiro atoms. The number of ether oxygens (including phenoxy) is 4. The molecule has 0 bridgehead atoms. The maximum absolute atomic E-state index is 13.8. The smallest absolute Gasteiger partial charge is 0.239 e. The standard InChI is InChI=1S/C30H36O12/c1-14(2)5-10-18-20(40-30-26(37)25(36)23(34)21(12-31)41-30)11-19(33)22-24(35)29(39-13-15(3)32)27(42-28(18)22)16-6-8-17(38-4)9-7-16/h5-9,11,15,21,23,25-26,30-34,36-37H,10,12-13H2,1-4H3/t15-,21+,23+,25-,26+,30+/m0/s1. The van der Waals surface area contributed by atoms with Crippen molar-refractivity contribution < 1.29 is 54.0 Å². The Morgan fingerprint density at radius 1 is 1.10 bits per heavy atom. The topological polar surface area (TPSA) is 189 Å². The van der Waals surface area contributed by atoms with Crippen LogP contribution < -0.4 is 19.6 Å². The number of fused-ring (bicyclic) bond motifs is 1. The molecule has 42 heavy (non-hydrogen) atoms. The SMILES string of the molecule is COc1ccc(-c2oc3c(CC=C(C)C)c(O[C@@H]4O[C@H](CO)[C@@H](O)[C@H](O)[C@H]4O)cc(O)c3c(=O)c2OC[C@H](C)O)cc1. The fraction of sp³-hybridized carbons (Fsp3) is 0.433. The van der Waals surface area contributed by atoms with Gasteiger partial charge in [0.1, 0.15) is 59.2 Å². The molecule has 12 nitrogen and oxygen atoms in total. The van der Waals surface area contributed by atoms with Crippen LogP contribution in [0.3, 0.4) is 0 Å². The summed E-state index contributed by atoms with van der Waals surface area (Å²) in [6.45, 7) is 4.34. The highest BCUT2D eigenvalue weighted by Gasteiger charge is 2.45. The minimum absolute atomic E-state index is 0.0265. The van der Waals surface area contributed by atoms with Crippen molar-refractivity contribution in [1.29, 1.82) is 0 Å². The van der Waals surface area contributed by atoms with E-state index in [1.165, 1.54) is 14.0 Å². The number of phenols is 1. The zero-order valence-electron chi connectivity index (χ0n) is 23.7. The lowest BCUT2D eigenvalue weighted by atomic mass is 9.99. The number of aliphatic hydroxyl groups is 5. The molecular weight excluding hydrogens is 552 g/mol. The van der Waals surface area contributed by atoms with E-state index in [1.807, 2.05) is 19.9 Å². The van der Waals surface area contributed by atoms with E-state index in [2.05, 4.69) is 0 Å². The highest BCUT2D eigenvalue weighted by Crippen LogP contribution is 2.41. The van der Waals surface area contributed by atoms with Gasteiger partial charge in [0.15, 0.2) is 5.76 Å². The summed E-state index contributed by atoms with van der Waals surface area (Å²) in [5.41, 5.74) is 0.938. The van der Waals surface area contributed by atoms with Gasteiger partial charge in [0.05, 0.1) is 19.8 Å². The Morgan fingerprint density at radius 2 is 1.79 bits per heavy atom. The van der Waals surface area contributed by atoms with E-state index in [-0.39, 0.29) is 41.3 Å². The summed E-state index contributed by atoms with van der Waals surface area (Å²) < 4.78 is 28.6. The van der Waals surface area contributed by atoms with Crippen molar-refractivity contribution >= 4 is 11.0 Å². The quantitative estimate of drug-likeness (QED) is 0.188. The lowest BCUT2D eigenvalue weighted by molar-refractivity contribution is -0.277. The molecule has 1 saturated heterocycles. The van der Waals surface area contributed by atoms with Gasteiger partial charge in [-0.25, -0.2) is 0 Å². The zero-order chi connectivity index (χ0) is 30.7. The van der Waals surface area contributed by atoms with Gasteiger partial charge in [-0.2, -0.15) is 0 Å². The zero-order valence-corrected chi connectivity index (χ0v) is 23.7. The number of hydrogen-bond donors (Lipinski definition) is 6. The van der Waals surface area contributed by atoms with E-state index in [0.717, 1.165) is 11.6 Å². The fourth-order valence-electron chi connectivity index (χ4n) is 4.52. The summed E-state index contributed by atoms with van der Waals surface area (Å²) in [5, 5.41) is 61.2. The molecule has 228 valence electrons. The van der Waals surface area contributed by atoms with Crippen LogP contribution in [0.2, 0.25) is 0 Å². The van der Waals surface area contributed by atoms with Crippen molar-refractivity contribution in [3.8, 4) is 34.3 Å². The molecule has 1 aromatic heterocycles. The summed E-state index contributed by atoms with van der Waals surface area (Å²) in [5.74, 6) is -0.200. The Bertz CT molecular complexity index is 1470. The van der Waals surface area contributed by atoms with Gasteiger partial charge < -0.3 is 54.0 Å². The molecule has 0 aliphatic carbocycles. The van der Waals surface area contributed by atoms with Crippen LogP contribution in [0.4, 0.5) is 0 Å². The number of allylic oxidation sites excluding steroid dienone is 2. The van der Waals surface area contributed by atoms with Crippen molar-refractivity contribution in [1.82, 2.24) is 0 Å². The molecule has 2 heterocycles. The molecule has 0 unspecified atom stereocenters. The summed E-state index contributed by atoms with van der Waals surface area (Å²) in [6, 6.07) is 7.79. The fourth-order valence-corrected chi connectivity index (χ4v) is 4.52. The number of hydrogen-bond acceptors (Lipinski definition) is 12. The first-order valence-corrected chi connectivity index (χ1v) is 13.4. The second-order valence-corrected chi connectivity index (χ2v) is 10.4. The van der Waals surface area contributed by atoms with Crippen molar-refractivity contribution in [3.63, 3.8) is 0 Å². The van der Waals surface area contributed by atoms with Crippen LogP contribution in [0.5, 0.6) is 23.0 Å². The maximum atomic E-state index is 13.8. The van der Waals surface area contributed by atoms with Crippen LogP contribution in [0, 0.1) is 0 Å². The minimum Gasteiger partial charge on any atom is -0.507 e. The predicted octanol–water partition coefficient (Wildman–Crippen LogP) is 1.62. The molecule has 2 aromatic carbocycles. The van der Waals surface area contributed by atoms with Gasteiger partial charge in [0.2, 0.25) is 17.5 Å². The van der Waals surface area contributed by atoms with Crippen molar-refractivity contribution in [2.75, 3.05) is 20.3 Å². The Balaban J connectivity index is 1.95. The van der Waals surface area contributed by atoms with Crippen LogP contribution >= 0.6 is 0 Å². The van der Waals surface area contributed by atoms with Crippen LogP contribution in [-0.2, 0) is 11.2 Å². The van der Waals surface area contributed by atoms with Gasteiger partial charge in [-0.1, -0.05) is 11.6 Å². The van der Waals surface area contributed by atoms with Gasteiger partial charge in [0.25, 0.3) is 0 Å². The molecule has 1 aliphatic rings. The third-order valence-electron chi connectivity index (χ3n) is 6.79. The van der Waals surface area contributed by atoms with Crippen molar-refractivity contribution in [2.24, 2.45) is 0 Å². The second kappa shape index (κ2) is 13.1. The third kappa shape index (κ3) is 6.38. The van der Waals surface area contributed by atoms with Gasteiger partial charge in [-0.15, -0.1) is 0 Å². The molecule has 1 fully saturated rings. The number of aliphatic hydroxyl groups excluding tert-OH is 5. The molecule has 6 atom stereocenters. The number of aromatic hydroxyl groups is 1. The molecule has 0 amide bonds. The van der Waals surface area contributed by atoms with Crippen LogP contribution in [-0.4, -0.2) is 87.8 Å². The Morgan fingerprint density at radius 3 is 2.38 bits per heavy atom. The molecule has 12 heteroatoms. The molecular formula is C30H36O12. The van der Waals surface area contributed by atoms with Gasteiger partial charge in [0, 0.05) is 17.2 Å². The number of phenolic OH excluding ortho intramolecular Hbond substituents is 1. The lowest BCUT2D eigenvalue weighted by Crippen LogP contribution is -2.60. The van der Waals surface area contributed by atoms with Crippen LogP contribution in [0.25, 0.3) is 22.3 Å². The number of benzene rings is 2. The summed E-state index contributed by atoms with van der Waals surface area (Å²) in [4.78, 5) is 13.8. The Hall–Kier alpha value is -3.65. The monoisotopic (exact) mass is 588 g/mol. The molecule has 6 N–H and O–H groups in total. The van der Waals surface area contributed by atoms with E-state index < -0.39 is 54.6 Å². The summed E-state index contributed by atoms with van der Waals surface area (Å²) in [6.07, 6.45) is -6.69. The average molecular weight is 589 g/mol. The first-order chi connectivity index (χ1) is 20.0. The highest BCUT2D eigenvalue weighted by atomic mass is 16.7. The minimum atomic E-state index is -1.71. The summed E-state index contributed by atoms with van der Waals surface area (Å²) >= 11 is 0. The molecule has 3 aromatic rings. The normalized spacial score (nSPS) is 22.9. The second-order valence-electron chi connectivity index (χ2n) is 10.4. The average Bonchev–Trinajstić information content (AvgIpc) is 2.96. The highest BCUT2D eigenvalue weighted by molar-refractivity contribution is 5.91. The first-order valence-electron chi connectivity index (χ1n) is 13.4. The third-order valence-corrected chi connectivity index (χ3v) is 6.79. The van der Waals surface area contributed by atoms with Gasteiger partial charge in [-0.3, -0.25) is 4.79 Å². The van der Waals surface area contributed by atoms with Gasteiger partial charge >= 0.3 is 0 Å². The van der Waals surface area contributed by atoms with Crippen molar-refractivity contribution in [2.45, 2.75) is 64.0 Å². The largest absolute Gasteiger partial charge is 0.507 e. The number of rotatable bonds is 10. The Labute approximate surface area is 241 Å². The lowest BCUT2D eigenvalue weighted by Gasteiger charge is -2.39. The molecule has 4 rings (SSSR count). The molecule has 0 radical (unpaired) electrons. The van der Waals surface area contributed by atoms with E-state index in [4.69, 9.17) is 23.4 Å².